The molecule has 24 heavy (non-hydrogen) atoms. The van der Waals surface area contributed by atoms with Gasteiger partial charge in [0.2, 0.25) is 5.91 Å². The van der Waals surface area contributed by atoms with Crippen LogP contribution in [0.3, 0.4) is 0 Å². The molecule has 1 saturated heterocycles. The van der Waals surface area contributed by atoms with Gasteiger partial charge in [0.25, 0.3) is 0 Å². The first-order valence-electron chi connectivity index (χ1n) is 8.63. The second kappa shape index (κ2) is 9.98. The summed E-state index contributed by atoms with van der Waals surface area (Å²) in [7, 11) is 3.23. The third kappa shape index (κ3) is 5.89. The molecule has 1 amide bonds. The van der Waals surface area contributed by atoms with E-state index in [1.54, 1.807) is 20.3 Å². The van der Waals surface area contributed by atoms with Crippen molar-refractivity contribution in [1.82, 2.24) is 10.2 Å². The van der Waals surface area contributed by atoms with Gasteiger partial charge < -0.3 is 19.7 Å². The van der Waals surface area contributed by atoms with Crippen LogP contribution >= 0.6 is 0 Å². The SMILES string of the molecule is COc1ccc(OC)c(/C=C/C(=O)NCCCCN2CCCC2)c1. The molecule has 0 aromatic heterocycles. The van der Waals surface area contributed by atoms with E-state index in [-0.39, 0.29) is 5.91 Å². The molecule has 1 aromatic carbocycles. The number of benzene rings is 1. The van der Waals surface area contributed by atoms with Gasteiger partial charge in [-0.2, -0.15) is 0 Å². The highest BCUT2D eigenvalue weighted by atomic mass is 16.5. The van der Waals surface area contributed by atoms with Gasteiger partial charge in [0.1, 0.15) is 11.5 Å². The average Bonchev–Trinajstić information content (AvgIpc) is 3.12. The molecule has 132 valence electrons. The van der Waals surface area contributed by atoms with Crippen molar-refractivity contribution in [3.63, 3.8) is 0 Å². The van der Waals surface area contributed by atoms with Crippen molar-refractivity contribution < 1.29 is 14.3 Å². The summed E-state index contributed by atoms with van der Waals surface area (Å²) in [6.45, 7) is 4.33. The minimum Gasteiger partial charge on any atom is -0.497 e. The summed E-state index contributed by atoms with van der Waals surface area (Å²) >= 11 is 0. The Morgan fingerprint density at radius 3 is 2.71 bits per heavy atom. The average molecular weight is 332 g/mol. The van der Waals surface area contributed by atoms with Gasteiger partial charge in [-0.25, -0.2) is 0 Å². The summed E-state index contributed by atoms with van der Waals surface area (Å²) in [6.07, 6.45) is 8.09. The lowest BCUT2D eigenvalue weighted by atomic mass is 10.1. The maximum atomic E-state index is 11.9. The number of hydrogen-bond acceptors (Lipinski definition) is 4. The van der Waals surface area contributed by atoms with Crippen LogP contribution in [-0.2, 0) is 4.79 Å². The standard InChI is InChI=1S/C19H28N2O3/c1-23-17-8-9-18(24-2)16(15-17)7-10-19(22)20-11-3-4-12-21-13-5-6-14-21/h7-10,15H,3-6,11-14H2,1-2H3,(H,20,22)/b10-7+. The number of unbranched alkanes of at least 4 members (excludes halogenated alkanes) is 1. The topological polar surface area (TPSA) is 50.8 Å². The maximum absolute atomic E-state index is 11.9. The van der Waals surface area contributed by atoms with E-state index >= 15 is 0 Å². The summed E-state index contributed by atoms with van der Waals surface area (Å²) in [5, 5.41) is 2.93. The number of ether oxygens (including phenoxy) is 2. The minimum absolute atomic E-state index is 0.0824. The zero-order valence-corrected chi connectivity index (χ0v) is 14.7. The lowest BCUT2D eigenvalue weighted by molar-refractivity contribution is -0.116. The van der Waals surface area contributed by atoms with E-state index < -0.39 is 0 Å². The predicted octanol–water partition coefficient (Wildman–Crippen LogP) is 2.71. The largest absolute Gasteiger partial charge is 0.497 e. The molecule has 0 bridgehead atoms. The quantitative estimate of drug-likeness (QED) is 0.558. The molecule has 5 heteroatoms. The molecule has 0 saturated carbocycles. The fraction of sp³-hybridized carbons (Fsp3) is 0.526. The summed E-state index contributed by atoms with van der Waals surface area (Å²) in [5.41, 5.74) is 0.820. The van der Waals surface area contributed by atoms with Crippen LogP contribution in [0, 0.1) is 0 Å². The molecule has 1 aromatic rings. The number of carbonyl (C=O) groups is 1. The van der Waals surface area contributed by atoms with Crippen LogP contribution in [0.4, 0.5) is 0 Å². The van der Waals surface area contributed by atoms with Gasteiger partial charge in [-0.3, -0.25) is 4.79 Å². The van der Waals surface area contributed by atoms with Crippen LogP contribution < -0.4 is 14.8 Å². The van der Waals surface area contributed by atoms with Crippen molar-refractivity contribution in [1.29, 1.82) is 0 Å². The number of nitrogens with one attached hydrogen (secondary N) is 1. The fourth-order valence-electron chi connectivity index (χ4n) is 2.87. The first kappa shape index (κ1) is 18.3. The van der Waals surface area contributed by atoms with Gasteiger partial charge in [0, 0.05) is 18.2 Å². The van der Waals surface area contributed by atoms with E-state index in [0.717, 1.165) is 30.7 Å². The van der Waals surface area contributed by atoms with E-state index in [1.165, 1.54) is 32.0 Å². The van der Waals surface area contributed by atoms with Crippen molar-refractivity contribution in [3.05, 3.63) is 29.8 Å². The zero-order valence-electron chi connectivity index (χ0n) is 14.7. The number of rotatable bonds is 9. The van der Waals surface area contributed by atoms with Crippen LogP contribution in [0.15, 0.2) is 24.3 Å². The van der Waals surface area contributed by atoms with Crippen LogP contribution in [0.5, 0.6) is 11.5 Å². The Balaban J connectivity index is 1.72. The van der Waals surface area contributed by atoms with Gasteiger partial charge in [-0.05, 0) is 69.6 Å². The molecule has 0 radical (unpaired) electrons. The summed E-state index contributed by atoms with van der Waals surface area (Å²) < 4.78 is 10.5. The van der Waals surface area contributed by atoms with Crippen LogP contribution in [0.25, 0.3) is 6.08 Å². The third-order valence-electron chi connectivity index (χ3n) is 4.25. The maximum Gasteiger partial charge on any atom is 0.244 e. The molecule has 1 aliphatic rings. The normalized spacial score (nSPS) is 14.9. The molecule has 1 heterocycles. The molecular formula is C19H28N2O3. The molecular weight excluding hydrogens is 304 g/mol. The lowest BCUT2D eigenvalue weighted by Crippen LogP contribution is -2.24. The number of amides is 1. The molecule has 0 aliphatic carbocycles. The van der Waals surface area contributed by atoms with Gasteiger partial charge >= 0.3 is 0 Å². The van der Waals surface area contributed by atoms with Gasteiger partial charge in [-0.15, -0.1) is 0 Å². The minimum atomic E-state index is -0.0824. The lowest BCUT2D eigenvalue weighted by Gasteiger charge is -2.13. The van der Waals surface area contributed by atoms with Gasteiger partial charge in [-0.1, -0.05) is 0 Å². The first-order valence-corrected chi connectivity index (χ1v) is 8.63. The molecule has 2 rings (SSSR count). The Morgan fingerprint density at radius 2 is 2.00 bits per heavy atom. The summed E-state index contributed by atoms with van der Waals surface area (Å²) in [4.78, 5) is 14.4. The Hall–Kier alpha value is -2.01. The predicted molar refractivity (Wildman–Crippen MR) is 96.5 cm³/mol. The summed E-state index contributed by atoms with van der Waals surface area (Å²) in [5.74, 6) is 1.37. The fourth-order valence-corrected chi connectivity index (χ4v) is 2.87. The Morgan fingerprint density at radius 1 is 1.21 bits per heavy atom. The highest BCUT2D eigenvalue weighted by Gasteiger charge is 2.10. The van der Waals surface area contributed by atoms with Crippen molar-refractivity contribution in [2.75, 3.05) is 40.4 Å². The van der Waals surface area contributed by atoms with Crippen LogP contribution in [0.2, 0.25) is 0 Å². The second-order valence-electron chi connectivity index (χ2n) is 5.99. The van der Waals surface area contributed by atoms with E-state index in [9.17, 15) is 4.79 Å². The Labute approximate surface area is 144 Å². The van der Waals surface area contributed by atoms with Crippen LogP contribution in [-0.4, -0.2) is 51.2 Å². The highest BCUT2D eigenvalue weighted by Crippen LogP contribution is 2.24. The van der Waals surface area contributed by atoms with E-state index in [0.29, 0.717) is 12.3 Å². The summed E-state index contributed by atoms with van der Waals surface area (Å²) in [6, 6.07) is 5.50. The van der Waals surface area contributed by atoms with E-state index in [4.69, 9.17) is 9.47 Å². The molecule has 1 N–H and O–H groups in total. The zero-order chi connectivity index (χ0) is 17.2. The molecule has 0 unspecified atom stereocenters. The number of methoxy groups -OCH3 is 2. The molecule has 5 nitrogen and oxygen atoms in total. The van der Waals surface area contributed by atoms with Crippen molar-refractivity contribution in [3.8, 4) is 11.5 Å². The Kier molecular flexibility index (Phi) is 7.62. The monoisotopic (exact) mass is 332 g/mol. The van der Waals surface area contributed by atoms with Crippen molar-refractivity contribution in [2.45, 2.75) is 25.7 Å². The van der Waals surface area contributed by atoms with E-state index in [1.807, 2.05) is 18.2 Å². The van der Waals surface area contributed by atoms with E-state index in [2.05, 4.69) is 10.2 Å². The number of hydrogen-bond donors (Lipinski definition) is 1. The highest BCUT2D eigenvalue weighted by molar-refractivity contribution is 5.92. The number of nitrogens with zero attached hydrogens (tertiary/aromatic N) is 1. The number of carbonyl (C=O) groups excluding carboxylic acids is 1. The molecule has 1 fully saturated rings. The Bertz CT molecular complexity index is 552. The van der Waals surface area contributed by atoms with Crippen molar-refractivity contribution in [2.24, 2.45) is 0 Å². The van der Waals surface area contributed by atoms with Gasteiger partial charge in [0.05, 0.1) is 14.2 Å². The van der Waals surface area contributed by atoms with Crippen molar-refractivity contribution >= 4 is 12.0 Å². The van der Waals surface area contributed by atoms with Gasteiger partial charge in [0.15, 0.2) is 0 Å². The first-order chi connectivity index (χ1) is 11.7. The molecule has 0 spiro atoms. The third-order valence-corrected chi connectivity index (χ3v) is 4.25. The second-order valence-corrected chi connectivity index (χ2v) is 5.99. The smallest absolute Gasteiger partial charge is 0.244 e. The number of likely N-dealkylation sites (tertiary alicyclic amines) is 1. The molecule has 0 atom stereocenters. The van der Waals surface area contributed by atoms with Crippen LogP contribution in [0.1, 0.15) is 31.2 Å². The molecule has 1 aliphatic heterocycles.